The van der Waals surface area contributed by atoms with Gasteiger partial charge in [0.05, 0.1) is 23.8 Å². The molecule has 6 nitrogen and oxygen atoms in total. The molecule has 8 fully saturated rings. The van der Waals surface area contributed by atoms with Crippen molar-refractivity contribution in [3.63, 3.8) is 0 Å². The van der Waals surface area contributed by atoms with Crippen LogP contribution in [0, 0.1) is 74.4 Å². The number of ketones is 1. The Morgan fingerprint density at radius 1 is 0.852 bits per heavy atom. The van der Waals surface area contributed by atoms with Gasteiger partial charge < -0.3 is 19.8 Å². The van der Waals surface area contributed by atoms with Gasteiger partial charge >= 0.3 is 12.3 Å². The van der Waals surface area contributed by atoms with Crippen LogP contribution in [0.3, 0.4) is 0 Å². The molecule has 11 atom stereocenters. The highest BCUT2D eigenvalue weighted by molar-refractivity contribution is 6.10. The minimum atomic E-state index is -4.60. The zero-order valence-corrected chi connectivity index (χ0v) is 37.2. The fraction of sp³-hybridized carbons (Fsp3) is 0.769. The van der Waals surface area contributed by atoms with Crippen LogP contribution in [0.25, 0.3) is 0 Å². The fourth-order valence-corrected chi connectivity index (χ4v) is 17.4. The predicted octanol–water partition coefficient (Wildman–Crippen LogP) is 11.6. The quantitative estimate of drug-likeness (QED) is 0.201. The second kappa shape index (κ2) is 14.2. The Hall–Kier alpha value is -2.65. The molecule has 334 valence electrons. The van der Waals surface area contributed by atoms with Gasteiger partial charge in [-0.15, -0.1) is 0 Å². The second-order valence-corrected chi connectivity index (χ2v) is 23.7. The predicted molar refractivity (Wildman–Crippen MR) is 228 cm³/mol. The number of Topliss-reactive ketones (excluding diaryl/α,β-unsaturated/α-hetero) is 1. The molecule has 0 heterocycles. The second-order valence-electron chi connectivity index (χ2n) is 23.7. The van der Waals surface area contributed by atoms with Crippen LogP contribution in [0.1, 0.15) is 153 Å². The van der Waals surface area contributed by atoms with Crippen molar-refractivity contribution in [1.82, 2.24) is 4.90 Å². The Balaban J connectivity index is 1.02. The Bertz CT molecular complexity index is 1970. The highest BCUT2D eigenvalue weighted by Crippen LogP contribution is 2.78. The lowest BCUT2D eigenvalue weighted by Crippen LogP contribution is -2.67. The molecule has 61 heavy (non-hydrogen) atoms. The molecule has 9 heteroatoms. The van der Waals surface area contributed by atoms with Gasteiger partial charge in [0.2, 0.25) is 0 Å². The van der Waals surface area contributed by atoms with Gasteiger partial charge in [-0.05, 0) is 167 Å². The van der Waals surface area contributed by atoms with Crippen molar-refractivity contribution >= 4 is 11.9 Å². The van der Waals surface area contributed by atoms with E-state index in [4.69, 9.17) is 4.74 Å². The lowest BCUT2D eigenvalue weighted by atomic mass is 9.32. The van der Waals surface area contributed by atoms with Gasteiger partial charge in [-0.3, -0.25) is 4.79 Å². The van der Waals surface area contributed by atoms with E-state index in [1.54, 1.807) is 0 Å². The number of rotatable bonds is 8. The Kier molecular flexibility index (Phi) is 9.83. The number of carbonyl (C=O) groups is 2. The summed E-state index contributed by atoms with van der Waals surface area (Å²) in [5.41, 5.74) is -3.95. The van der Waals surface area contributed by atoms with Crippen molar-refractivity contribution < 1.29 is 37.7 Å². The first-order valence-electron chi connectivity index (χ1n) is 24.2. The zero-order chi connectivity index (χ0) is 43.1. The topological polar surface area (TPSA) is 87.1 Å². The highest BCUT2D eigenvalue weighted by Gasteiger charge is 2.75. The van der Waals surface area contributed by atoms with Crippen molar-refractivity contribution in [3.8, 4) is 0 Å². The molecule has 8 saturated carbocycles. The molecule has 0 aromatic heterocycles. The summed E-state index contributed by atoms with van der Waals surface area (Å²) in [6.45, 7) is 12.0. The number of alkyl halides is 3. The average molecular weight is 846 g/mol. The van der Waals surface area contributed by atoms with Crippen molar-refractivity contribution in [3.05, 3.63) is 59.2 Å². The molecule has 12 rings (SSSR count). The Morgan fingerprint density at radius 3 is 2.18 bits per heavy atom. The number of amides is 1. The first-order valence-corrected chi connectivity index (χ1v) is 24.2. The number of hydrogen-bond donors (Lipinski definition) is 2. The summed E-state index contributed by atoms with van der Waals surface area (Å²) in [5, 5.41) is 24.7. The van der Waals surface area contributed by atoms with E-state index in [9.17, 15) is 23.4 Å². The summed E-state index contributed by atoms with van der Waals surface area (Å²) in [6.07, 6.45) is 15.7. The first-order chi connectivity index (χ1) is 28.7. The summed E-state index contributed by atoms with van der Waals surface area (Å²) in [4.78, 5) is 32.0. The summed E-state index contributed by atoms with van der Waals surface area (Å²) in [7, 11) is 0. The summed E-state index contributed by atoms with van der Waals surface area (Å²) in [6, 6.07) is 4.83. The normalized spacial score (nSPS) is 46.8. The van der Waals surface area contributed by atoms with Crippen LogP contribution in [0.15, 0.2) is 48.1 Å². The van der Waals surface area contributed by atoms with E-state index in [0.717, 1.165) is 63.5 Å². The van der Waals surface area contributed by atoms with E-state index in [-0.39, 0.29) is 47.0 Å². The largest absolute Gasteiger partial charge is 0.446 e. The van der Waals surface area contributed by atoms with Crippen LogP contribution >= 0.6 is 0 Å². The number of nitrogens with zero attached hydrogens (tertiary/aromatic N) is 1. The molecule has 2 N–H and O–H groups in total. The lowest BCUT2D eigenvalue weighted by Gasteiger charge is -2.71. The first kappa shape index (κ1) is 42.3. The maximum absolute atomic E-state index is 15.1. The van der Waals surface area contributed by atoms with Crippen LogP contribution in [-0.4, -0.2) is 57.9 Å². The molecular weight excluding hydrogens is 776 g/mol. The van der Waals surface area contributed by atoms with Crippen molar-refractivity contribution in [2.45, 2.75) is 161 Å². The van der Waals surface area contributed by atoms with Crippen LogP contribution < -0.4 is 0 Å². The summed E-state index contributed by atoms with van der Waals surface area (Å²) in [5.74, 6) is 2.70. The molecule has 6 bridgehead atoms. The lowest BCUT2D eigenvalue weighted by molar-refractivity contribution is -0.177. The molecular formula is C52H70F3NO5. The van der Waals surface area contributed by atoms with Gasteiger partial charge in [0.1, 0.15) is 6.10 Å². The van der Waals surface area contributed by atoms with Crippen LogP contribution in [0.2, 0.25) is 0 Å². The standard InChI is InChI=1S/C52H70F3NO5/c1-31(2)39-10-9-32(3)19-41(39)61-45(59)56(29-48-24-33-20-34(25-48)22-35(21-33)26-48)30-50(60)16-13-43-47(50,5)15-12-42-46(4)14-11-38(57)27-49(46)17-18-51(42,43)40(28-49)44(58)36-7-6-8-37(23-36)52(53,54)55/h6-8,17-18,23,28,31-35,38-39,41-43,57,60H,9-16,19-22,24-27,29-30H2,1-5H3/t32-,33?,34?,35?,38?,39+,41-,42+,43+,46+,47-,48?,49-,50+,51+/m0/s1. The van der Waals surface area contributed by atoms with Gasteiger partial charge in [0, 0.05) is 33.9 Å². The number of carbonyl (C=O) groups excluding carboxylic acids is 2. The smallest absolute Gasteiger partial charge is 0.416 e. The third-order valence-corrected chi connectivity index (χ3v) is 20.0. The SMILES string of the molecule is CC(C)[C@H]1CC[C@H](C)C[C@@H]1OC(=O)N(CC12CC3CC(CC(C3)C1)C2)C[C@]1(O)CC[C@H]2[C@]34C=C[C@@]5(C=C3C(=O)c3cccc(C(F)(F)F)c3)CC(O)CC[C@]5(C)[C@H]4CC[C@@]21C. The van der Waals surface area contributed by atoms with Crippen LogP contribution in [0.4, 0.5) is 18.0 Å². The number of fused-ring (bicyclic) bond motifs is 1. The van der Waals surface area contributed by atoms with E-state index >= 15 is 9.59 Å². The number of benzene rings is 1. The van der Waals surface area contributed by atoms with E-state index in [2.05, 4.69) is 52.8 Å². The summed E-state index contributed by atoms with van der Waals surface area (Å²) < 4.78 is 49.0. The van der Waals surface area contributed by atoms with Crippen molar-refractivity contribution in [1.29, 1.82) is 0 Å². The maximum Gasteiger partial charge on any atom is 0.416 e. The number of halogens is 3. The van der Waals surface area contributed by atoms with E-state index in [0.29, 0.717) is 79.7 Å². The van der Waals surface area contributed by atoms with Gasteiger partial charge in [0.25, 0.3) is 0 Å². The van der Waals surface area contributed by atoms with Gasteiger partial charge in [-0.25, -0.2) is 4.79 Å². The molecule has 2 spiro atoms. The van der Waals surface area contributed by atoms with Gasteiger partial charge in [0.15, 0.2) is 5.78 Å². The van der Waals surface area contributed by atoms with Gasteiger partial charge in [-0.1, -0.05) is 71.4 Å². The number of aliphatic hydroxyl groups excluding tert-OH is 1. The molecule has 0 saturated heterocycles. The fourth-order valence-electron chi connectivity index (χ4n) is 17.4. The third kappa shape index (κ3) is 6.35. The molecule has 1 aromatic rings. The number of ether oxygens (including phenoxy) is 1. The zero-order valence-electron chi connectivity index (χ0n) is 37.2. The maximum atomic E-state index is 15.1. The van der Waals surface area contributed by atoms with E-state index in [1.807, 2.05) is 4.90 Å². The molecule has 1 unspecified atom stereocenters. The highest BCUT2D eigenvalue weighted by atomic mass is 19.4. The molecule has 0 radical (unpaired) electrons. The van der Waals surface area contributed by atoms with E-state index < -0.39 is 45.5 Å². The number of hydrogen-bond acceptors (Lipinski definition) is 5. The number of allylic oxidation sites excluding steroid dienone is 4. The minimum Gasteiger partial charge on any atom is -0.446 e. The molecule has 11 aliphatic rings. The average Bonchev–Trinajstić information content (AvgIpc) is 3.46. The Morgan fingerprint density at radius 2 is 1.51 bits per heavy atom. The minimum absolute atomic E-state index is 0.00188. The Labute approximate surface area is 361 Å². The summed E-state index contributed by atoms with van der Waals surface area (Å²) >= 11 is 0. The monoisotopic (exact) mass is 846 g/mol. The molecule has 1 aromatic carbocycles. The van der Waals surface area contributed by atoms with E-state index in [1.165, 1.54) is 31.4 Å². The van der Waals surface area contributed by atoms with Crippen LogP contribution in [-0.2, 0) is 10.9 Å². The molecule has 0 aliphatic heterocycles. The van der Waals surface area contributed by atoms with Crippen molar-refractivity contribution in [2.75, 3.05) is 13.1 Å². The molecule has 1 amide bonds. The van der Waals surface area contributed by atoms with Crippen LogP contribution in [0.5, 0.6) is 0 Å². The number of aliphatic hydroxyl groups is 2. The van der Waals surface area contributed by atoms with Gasteiger partial charge in [-0.2, -0.15) is 13.2 Å². The molecule has 11 aliphatic carbocycles. The third-order valence-electron chi connectivity index (χ3n) is 20.0. The van der Waals surface area contributed by atoms with Crippen molar-refractivity contribution in [2.24, 2.45) is 74.4 Å².